The summed E-state index contributed by atoms with van der Waals surface area (Å²) >= 11 is 1.49. The number of benzene rings is 5. The summed E-state index contributed by atoms with van der Waals surface area (Å²) in [4.78, 5) is 19.0. The molecule has 1 aromatic heterocycles. The van der Waals surface area contributed by atoms with Gasteiger partial charge in [0.05, 0.1) is 10.6 Å². The molecule has 0 unspecified atom stereocenters. The summed E-state index contributed by atoms with van der Waals surface area (Å²) in [5.41, 5.74) is 8.06. The fraction of sp³-hybridized carbons (Fsp3) is 0. The van der Waals surface area contributed by atoms with E-state index in [4.69, 9.17) is 4.98 Å². The Morgan fingerprint density at radius 2 is 0.921 bits per heavy atom. The van der Waals surface area contributed by atoms with Gasteiger partial charge in [0.15, 0.2) is 5.13 Å². The normalized spacial score (nSPS) is 10.7. The monoisotopic (exact) mass is 508 g/mol. The number of aromatic nitrogens is 1. The number of rotatable bonds is 6. The van der Waals surface area contributed by atoms with Crippen molar-refractivity contribution in [3.8, 4) is 44.0 Å². The van der Waals surface area contributed by atoms with Crippen molar-refractivity contribution in [1.82, 2.24) is 4.98 Å². The zero-order valence-electron chi connectivity index (χ0n) is 20.5. The summed E-state index contributed by atoms with van der Waals surface area (Å²) in [7, 11) is 0. The highest BCUT2D eigenvalue weighted by molar-refractivity contribution is 7.19. The molecule has 0 aliphatic carbocycles. The maximum Gasteiger partial charge on any atom is 0.257 e. The molecule has 0 bridgehead atoms. The SMILES string of the molecule is O=C(Nc1nc(-c2ccccc2)c(-c2ccc(-c3ccccc3)cc2)s1)c1ccc(-c2ccccc2)cc1. The molecule has 5 aromatic carbocycles. The summed E-state index contributed by atoms with van der Waals surface area (Å²) in [5, 5.41) is 3.60. The Balaban J connectivity index is 1.29. The number of anilines is 1. The van der Waals surface area contributed by atoms with Crippen LogP contribution < -0.4 is 5.32 Å². The molecule has 182 valence electrons. The van der Waals surface area contributed by atoms with Crippen molar-refractivity contribution in [2.24, 2.45) is 0 Å². The molecule has 1 amide bonds. The van der Waals surface area contributed by atoms with Crippen molar-refractivity contribution >= 4 is 22.4 Å². The van der Waals surface area contributed by atoms with Gasteiger partial charge in [-0.2, -0.15) is 0 Å². The predicted octanol–water partition coefficient (Wildman–Crippen LogP) is 9.06. The first kappa shape index (κ1) is 23.6. The Morgan fingerprint density at radius 1 is 0.500 bits per heavy atom. The van der Waals surface area contributed by atoms with Crippen molar-refractivity contribution in [3.05, 3.63) is 145 Å². The van der Waals surface area contributed by atoms with Gasteiger partial charge in [0.2, 0.25) is 0 Å². The molecule has 0 atom stereocenters. The predicted molar refractivity (Wildman–Crippen MR) is 158 cm³/mol. The molecule has 0 radical (unpaired) electrons. The lowest BCUT2D eigenvalue weighted by atomic mass is 10.0. The molecule has 0 aliphatic rings. The van der Waals surface area contributed by atoms with Gasteiger partial charge in [0, 0.05) is 11.1 Å². The Bertz CT molecular complexity index is 1660. The number of nitrogens with zero attached hydrogens (tertiary/aromatic N) is 1. The summed E-state index contributed by atoms with van der Waals surface area (Å²) in [6, 6.07) is 46.7. The quantitative estimate of drug-likeness (QED) is 0.244. The summed E-state index contributed by atoms with van der Waals surface area (Å²) in [6.45, 7) is 0. The van der Waals surface area contributed by atoms with E-state index < -0.39 is 0 Å². The minimum absolute atomic E-state index is 0.177. The summed E-state index contributed by atoms with van der Waals surface area (Å²) < 4.78 is 0. The van der Waals surface area contributed by atoms with E-state index in [0.717, 1.165) is 38.4 Å². The van der Waals surface area contributed by atoms with E-state index in [1.807, 2.05) is 91.0 Å². The third kappa shape index (κ3) is 5.03. The topological polar surface area (TPSA) is 42.0 Å². The number of hydrogen-bond donors (Lipinski definition) is 1. The third-order valence-electron chi connectivity index (χ3n) is 6.40. The van der Waals surface area contributed by atoms with Gasteiger partial charge in [-0.15, -0.1) is 0 Å². The lowest BCUT2D eigenvalue weighted by molar-refractivity contribution is 0.102. The first-order valence-electron chi connectivity index (χ1n) is 12.4. The number of nitrogens with one attached hydrogen (secondary N) is 1. The second-order valence-corrected chi connectivity index (χ2v) is 9.90. The fourth-order valence-electron chi connectivity index (χ4n) is 4.42. The van der Waals surface area contributed by atoms with Crippen LogP contribution in [0.4, 0.5) is 5.13 Å². The summed E-state index contributed by atoms with van der Waals surface area (Å²) in [6.07, 6.45) is 0. The van der Waals surface area contributed by atoms with Crippen molar-refractivity contribution in [1.29, 1.82) is 0 Å². The van der Waals surface area contributed by atoms with Gasteiger partial charge in [0.25, 0.3) is 5.91 Å². The maximum atomic E-state index is 13.1. The van der Waals surface area contributed by atoms with E-state index in [0.29, 0.717) is 10.7 Å². The van der Waals surface area contributed by atoms with Crippen LogP contribution in [0.5, 0.6) is 0 Å². The van der Waals surface area contributed by atoms with Crippen LogP contribution in [0, 0.1) is 0 Å². The van der Waals surface area contributed by atoms with Gasteiger partial charge in [-0.3, -0.25) is 10.1 Å². The Kier molecular flexibility index (Phi) is 6.62. The smallest absolute Gasteiger partial charge is 0.257 e. The minimum Gasteiger partial charge on any atom is -0.298 e. The number of carbonyl (C=O) groups excluding carboxylic acids is 1. The van der Waals surface area contributed by atoms with Crippen molar-refractivity contribution in [2.45, 2.75) is 0 Å². The number of hydrogen-bond acceptors (Lipinski definition) is 3. The first-order valence-corrected chi connectivity index (χ1v) is 13.3. The molecular weight excluding hydrogens is 484 g/mol. The van der Waals surface area contributed by atoms with Gasteiger partial charge in [0.1, 0.15) is 0 Å². The van der Waals surface area contributed by atoms with Crippen LogP contribution in [0.25, 0.3) is 44.0 Å². The zero-order valence-corrected chi connectivity index (χ0v) is 21.4. The van der Waals surface area contributed by atoms with Crippen molar-refractivity contribution in [3.63, 3.8) is 0 Å². The number of thiazole rings is 1. The molecule has 1 N–H and O–H groups in total. The van der Waals surface area contributed by atoms with Crippen LogP contribution in [-0.2, 0) is 0 Å². The average Bonchev–Trinajstić information content (AvgIpc) is 3.42. The molecule has 4 heteroatoms. The molecule has 6 rings (SSSR count). The minimum atomic E-state index is -0.177. The second-order valence-electron chi connectivity index (χ2n) is 8.90. The molecule has 0 saturated heterocycles. The molecule has 6 aromatic rings. The van der Waals surface area contributed by atoms with E-state index in [1.165, 1.54) is 16.9 Å². The third-order valence-corrected chi connectivity index (χ3v) is 7.42. The second kappa shape index (κ2) is 10.7. The van der Waals surface area contributed by atoms with Crippen LogP contribution >= 0.6 is 11.3 Å². The molecule has 0 spiro atoms. The van der Waals surface area contributed by atoms with E-state index in [-0.39, 0.29) is 5.91 Å². The van der Waals surface area contributed by atoms with Gasteiger partial charge >= 0.3 is 0 Å². The Labute approximate surface area is 226 Å². The lowest BCUT2D eigenvalue weighted by Gasteiger charge is -2.05. The summed E-state index contributed by atoms with van der Waals surface area (Å²) in [5.74, 6) is -0.177. The van der Waals surface area contributed by atoms with Gasteiger partial charge in [-0.25, -0.2) is 4.98 Å². The molecule has 38 heavy (non-hydrogen) atoms. The van der Waals surface area contributed by atoms with Crippen molar-refractivity contribution < 1.29 is 4.79 Å². The Hall–Kier alpha value is -4.80. The average molecular weight is 509 g/mol. The molecule has 1 heterocycles. The molecule has 3 nitrogen and oxygen atoms in total. The zero-order chi connectivity index (χ0) is 25.7. The van der Waals surface area contributed by atoms with E-state index in [1.54, 1.807) is 0 Å². The van der Waals surface area contributed by atoms with Crippen molar-refractivity contribution in [2.75, 3.05) is 5.32 Å². The molecular formula is C34H24N2OS. The van der Waals surface area contributed by atoms with Gasteiger partial charge in [-0.1, -0.05) is 139 Å². The van der Waals surface area contributed by atoms with Crippen LogP contribution in [0.15, 0.2) is 140 Å². The highest BCUT2D eigenvalue weighted by atomic mass is 32.1. The number of amides is 1. The van der Waals surface area contributed by atoms with Gasteiger partial charge < -0.3 is 0 Å². The molecule has 0 fully saturated rings. The fourth-order valence-corrected chi connectivity index (χ4v) is 5.41. The van der Waals surface area contributed by atoms with E-state index in [9.17, 15) is 4.79 Å². The number of carbonyl (C=O) groups is 1. The maximum absolute atomic E-state index is 13.1. The Morgan fingerprint density at radius 3 is 1.45 bits per heavy atom. The highest BCUT2D eigenvalue weighted by Crippen LogP contribution is 2.39. The van der Waals surface area contributed by atoms with Crippen LogP contribution in [0.2, 0.25) is 0 Å². The van der Waals surface area contributed by atoms with Gasteiger partial charge in [-0.05, 0) is 39.9 Å². The first-order chi connectivity index (χ1) is 18.7. The lowest BCUT2D eigenvalue weighted by Crippen LogP contribution is -2.11. The van der Waals surface area contributed by atoms with E-state index >= 15 is 0 Å². The molecule has 0 aliphatic heterocycles. The highest BCUT2D eigenvalue weighted by Gasteiger charge is 2.17. The largest absolute Gasteiger partial charge is 0.298 e. The van der Waals surface area contributed by atoms with Crippen LogP contribution in [0.1, 0.15) is 10.4 Å². The standard InChI is InChI=1S/C34H24N2OS/c37-33(30-22-18-27(19-23-30)25-12-6-2-7-13-25)36-34-35-31(28-14-8-3-9-15-28)32(38-34)29-20-16-26(17-21-29)24-10-4-1-5-11-24/h1-23H,(H,35,36,37). The van der Waals surface area contributed by atoms with E-state index in [2.05, 4.69) is 53.8 Å². The van der Waals surface area contributed by atoms with Crippen LogP contribution in [-0.4, -0.2) is 10.9 Å². The molecule has 0 saturated carbocycles. The van der Waals surface area contributed by atoms with Crippen LogP contribution in [0.3, 0.4) is 0 Å².